The first kappa shape index (κ1) is 15.9. The van der Waals surface area contributed by atoms with Crippen LogP contribution in [0.2, 0.25) is 0 Å². The van der Waals surface area contributed by atoms with Crippen LogP contribution in [0, 0.1) is 0 Å². The van der Waals surface area contributed by atoms with Gasteiger partial charge in [-0.2, -0.15) is 19.6 Å². The number of nitrogens with one attached hydrogen (secondary N) is 2. The fourth-order valence-electron chi connectivity index (χ4n) is 2.27. The van der Waals surface area contributed by atoms with Crippen molar-refractivity contribution in [3.63, 3.8) is 0 Å². The Morgan fingerprint density at radius 3 is 2.88 bits per heavy atom. The highest BCUT2D eigenvalue weighted by Crippen LogP contribution is 2.20. The second-order valence-electron chi connectivity index (χ2n) is 5.26. The number of rotatable bonds is 4. The molecule has 0 radical (unpaired) electrons. The first-order valence-corrected chi connectivity index (χ1v) is 9.74. The number of sulfone groups is 1. The fourth-order valence-corrected chi connectivity index (χ4v) is 3.12. The van der Waals surface area contributed by atoms with E-state index in [1.165, 1.54) is 10.7 Å². The molecule has 0 fully saturated rings. The molecule has 128 valence electrons. The number of halogens is 1. The van der Waals surface area contributed by atoms with Crippen molar-refractivity contribution in [3.05, 3.63) is 35.0 Å². The number of aromatic nitrogens is 7. The zero-order valence-electron chi connectivity index (χ0n) is 12.8. The maximum atomic E-state index is 11.8. The van der Waals surface area contributed by atoms with Gasteiger partial charge in [-0.15, -0.1) is 0 Å². The van der Waals surface area contributed by atoms with E-state index in [9.17, 15) is 8.42 Å². The average Bonchev–Trinajstić information content (AvgIpc) is 3.15. The number of fused-ring (bicyclic) bond motifs is 2. The summed E-state index contributed by atoms with van der Waals surface area (Å²) < 4.78 is 25.6. The van der Waals surface area contributed by atoms with E-state index in [4.69, 9.17) is 0 Å². The van der Waals surface area contributed by atoms with Crippen LogP contribution in [0.15, 0.2) is 34.3 Å². The average molecular weight is 423 g/mol. The van der Waals surface area contributed by atoms with E-state index in [1.807, 2.05) is 0 Å². The Hall–Kier alpha value is -2.60. The van der Waals surface area contributed by atoms with Gasteiger partial charge in [-0.05, 0) is 22.0 Å². The van der Waals surface area contributed by atoms with Gasteiger partial charge in [-0.25, -0.2) is 13.4 Å². The van der Waals surface area contributed by atoms with E-state index in [-0.39, 0.29) is 11.1 Å². The van der Waals surface area contributed by atoms with Crippen LogP contribution in [0.3, 0.4) is 0 Å². The standard InChI is InChI=1S/C13H11BrN8O2S/c1-25(23,24)13-20-11-7(14)4-17-22(11)12(21-13)16-6-10-18-8-2-3-15-5-9(8)19-10/h2-5H,6H2,1H3,(H,18,19)(H,16,20,21). The second kappa shape index (κ2) is 5.74. The quantitative estimate of drug-likeness (QED) is 0.500. The zero-order chi connectivity index (χ0) is 17.6. The minimum atomic E-state index is -3.57. The summed E-state index contributed by atoms with van der Waals surface area (Å²) in [4.78, 5) is 19.7. The van der Waals surface area contributed by atoms with Gasteiger partial charge in [0.25, 0.3) is 5.16 Å². The molecule has 0 spiro atoms. The maximum absolute atomic E-state index is 11.8. The van der Waals surface area contributed by atoms with Gasteiger partial charge in [-0.3, -0.25) is 4.98 Å². The lowest BCUT2D eigenvalue weighted by molar-refractivity contribution is 0.592. The lowest BCUT2D eigenvalue weighted by Gasteiger charge is -2.07. The molecule has 12 heteroatoms. The summed E-state index contributed by atoms with van der Waals surface area (Å²) in [7, 11) is -3.57. The highest BCUT2D eigenvalue weighted by atomic mass is 79.9. The summed E-state index contributed by atoms with van der Waals surface area (Å²) >= 11 is 3.30. The number of anilines is 1. The summed E-state index contributed by atoms with van der Waals surface area (Å²) in [5, 5.41) is 6.90. The topological polar surface area (TPSA) is 131 Å². The van der Waals surface area contributed by atoms with E-state index in [0.717, 1.165) is 17.3 Å². The van der Waals surface area contributed by atoms with Crippen molar-refractivity contribution in [1.29, 1.82) is 0 Å². The Bertz CT molecular complexity index is 1170. The number of pyridine rings is 1. The number of imidazole rings is 1. The molecule has 4 rings (SSSR count). The zero-order valence-corrected chi connectivity index (χ0v) is 15.2. The van der Waals surface area contributed by atoms with Gasteiger partial charge in [0.1, 0.15) is 5.82 Å². The third kappa shape index (κ3) is 2.93. The number of aromatic amines is 1. The Labute approximate surface area is 149 Å². The van der Waals surface area contributed by atoms with Crippen LogP contribution >= 0.6 is 15.9 Å². The molecule has 0 aromatic carbocycles. The van der Waals surface area contributed by atoms with Crippen LogP contribution in [-0.4, -0.2) is 49.2 Å². The number of nitrogens with zero attached hydrogens (tertiary/aromatic N) is 6. The van der Waals surface area contributed by atoms with Gasteiger partial charge in [0.05, 0.1) is 34.4 Å². The van der Waals surface area contributed by atoms with E-state index < -0.39 is 9.84 Å². The smallest absolute Gasteiger partial charge is 0.252 e. The van der Waals surface area contributed by atoms with Crippen molar-refractivity contribution in [2.24, 2.45) is 0 Å². The summed E-state index contributed by atoms with van der Waals surface area (Å²) in [6.07, 6.45) is 5.92. The number of hydrogen-bond donors (Lipinski definition) is 2. The molecule has 0 unspecified atom stereocenters. The monoisotopic (exact) mass is 422 g/mol. The third-order valence-corrected chi connectivity index (χ3v) is 4.79. The largest absolute Gasteiger partial charge is 0.347 e. The second-order valence-corrected chi connectivity index (χ2v) is 8.02. The maximum Gasteiger partial charge on any atom is 0.252 e. The van der Waals surface area contributed by atoms with Gasteiger partial charge < -0.3 is 10.3 Å². The molecular weight excluding hydrogens is 412 g/mol. The molecule has 0 atom stereocenters. The van der Waals surface area contributed by atoms with Crippen LogP contribution in [0.4, 0.5) is 5.95 Å². The van der Waals surface area contributed by atoms with Crippen LogP contribution in [0.25, 0.3) is 16.7 Å². The molecular formula is C13H11BrN8O2S. The molecule has 4 aromatic heterocycles. The van der Waals surface area contributed by atoms with E-state index >= 15 is 0 Å². The van der Waals surface area contributed by atoms with Crippen LogP contribution in [-0.2, 0) is 16.4 Å². The van der Waals surface area contributed by atoms with E-state index in [1.54, 1.807) is 18.5 Å². The van der Waals surface area contributed by atoms with Crippen LogP contribution in [0.1, 0.15) is 5.82 Å². The van der Waals surface area contributed by atoms with Crippen molar-refractivity contribution in [3.8, 4) is 0 Å². The Morgan fingerprint density at radius 1 is 1.28 bits per heavy atom. The molecule has 2 N–H and O–H groups in total. The molecule has 4 aromatic rings. The minimum absolute atomic E-state index is 0.245. The molecule has 25 heavy (non-hydrogen) atoms. The SMILES string of the molecule is CS(=O)(=O)c1nc(NCc2nc3ccncc3[nH]2)n2ncc(Br)c2n1. The predicted octanol–water partition coefficient (Wildman–Crippen LogP) is 1.17. The van der Waals surface area contributed by atoms with Crippen molar-refractivity contribution in [2.45, 2.75) is 11.7 Å². The third-order valence-electron chi connectivity index (χ3n) is 3.38. The minimum Gasteiger partial charge on any atom is -0.347 e. The van der Waals surface area contributed by atoms with Crippen molar-refractivity contribution in [2.75, 3.05) is 11.6 Å². The summed E-state index contributed by atoms with van der Waals surface area (Å²) in [6, 6.07) is 1.80. The molecule has 0 bridgehead atoms. The number of H-pyrrole nitrogens is 1. The van der Waals surface area contributed by atoms with Gasteiger partial charge in [-0.1, -0.05) is 0 Å². The lowest BCUT2D eigenvalue weighted by Crippen LogP contribution is -2.13. The first-order chi connectivity index (χ1) is 11.9. The van der Waals surface area contributed by atoms with E-state index in [2.05, 4.69) is 51.3 Å². The Kier molecular flexibility index (Phi) is 3.65. The molecule has 0 aliphatic heterocycles. The van der Waals surface area contributed by atoms with Gasteiger partial charge >= 0.3 is 0 Å². The summed E-state index contributed by atoms with van der Waals surface area (Å²) in [5.41, 5.74) is 1.95. The summed E-state index contributed by atoms with van der Waals surface area (Å²) in [5.74, 6) is 0.900. The van der Waals surface area contributed by atoms with Crippen molar-refractivity contribution >= 4 is 48.4 Å². The highest BCUT2D eigenvalue weighted by Gasteiger charge is 2.18. The Morgan fingerprint density at radius 2 is 2.12 bits per heavy atom. The Balaban J connectivity index is 1.72. The molecule has 0 saturated heterocycles. The molecule has 0 saturated carbocycles. The van der Waals surface area contributed by atoms with Gasteiger partial charge in [0.15, 0.2) is 5.65 Å². The molecule has 4 heterocycles. The molecule has 0 aliphatic carbocycles. The number of hydrogen-bond acceptors (Lipinski definition) is 8. The first-order valence-electron chi connectivity index (χ1n) is 7.05. The normalized spacial score (nSPS) is 12.1. The van der Waals surface area contributed by atoms with Crippen molar-refractivity contribution in [1.82, 2.24) is 34.5 Å². The molecule has 10 nitrogen and oxygen atoms in total. The van der Waals surface area contributed by atoms with Gasteiger partial charge in [0, 0.05) is 12.5 Å². The lowest BCUT2D eigenvalue weighted by atomic mass is 10.4. The molecule has 0 aliphatic rings. The molecule has 0 amide bonds. The van der Waals surface area contributed by atoms with Crippen LogP contribution < -0.4 is 5.32 Å². The van der Waals surface area contributed by atoms with E-state index in [0.29, 0.717) is 22.5 Å². The highest BCUT2D eigenvalue weighted by molar-refractivity contribution is 9.10. The van der Waals surface area contributed by atoms with Crippen LogP contribution in [0.5, 0.6) is 0 Å². The van der Waals surface area contributed by atoms with Crippen molar-refractivity contribution < 1.29 is 8.42 Å². The fraction of sp³-hybridized carbons (Fsp3) is 0.154. The van der Waals surface area contributed by atoms with Gasteiger partial charge in [0.2, 0.25) is 15.8 Å². The summed E-state index contributed by atoms with van der Waals surface area (Å²) in [6.45, 7) is 0.293. The predicted molar refractivity (Wildman–Crippen MR) is 92.8 cm³/mol.